The summed E-state index contributed by atoms with van der Waals surface area (Å²) in [5.41, 5.74) is 5.49. The van der Waals surface area contributed by atoms with E-state index in [9.17, 15) is 4.79 Å². The Kier molecular flexibility index (Phi) is 5.59. The van der Waals surface area contributed by atoms with E-state index in [1.165, 1.54) is 11.3 Å². The number of carbonyl (C=O) groups is 1. The maximum Gasteiger partial charge on any atom is 0.254 e. The van der Waals surface area contributed by atoms with Gasteiger partial charge in [0, 0.05) is 54.3 Å². The first-order valence-corrected chi connectivity index (χ1v) is 10.5. The lowest BCUT2D eigenvalue weighted by atomic mass is 10.0. The number of ether oxygens (including phenoxy) is 1. The third-order valence-electron chi connectivity index (χ3n) is 4.96. The molecule has 7 heteroatoms. The van der Waals surface area contributed by atoms with Gasteiger partial charge >= 0.3 is 0 Å². The SMILES string of the molecule is CCOc1cc(C(=O)N(C)Cc2cncc3c2CN=C3)ccc1-c1csc(C#N)c1. The van der Waals surface area contributed by atoms with Crippen LogP contribution < -0.4 is 4.74 Å². The fourth-order valence-electron chi connectivity index (χ4n) is 3.48. The summed E-state index contributed by atoms with van der Waals surface area (Å²) in [6.07, 6.45) is 5.42. The third kappa shape index (κ3) is 3.82. The van der Waals surface area contributed by atoms with Crippen molar-refractivity contribution in [3.8, 4) is 22.9 Å². The molecule has 4 rings (SSSR count). The fraction of sp³-hybridized carbons (Fsp3) is 0.217. The smallest absolute Gasteiger partial charge is 0.254 e. The highest BCUT2D eigenvalue weighted by atomic mass is 32.1. The maximum absolute atomic E-state index is 13.1. The summed E-state index contributed by atoms with van der Waals surface area (Å²) in [7, 11) is 1.78. The van der Waals surface area contributed by atoms with Crippen molar-refractivity contribution in [2.45, 2.75) is 20.0 Å². The summed E-state index contributed by atoms with van der Waals surface area (Å²) >= 11 is 1.39. The van der Waals surface area contributed by atoms with Gasteiger partial charge in [-0.15, -0.1) is 11.3 Å². The Morgan fingerprint density at radius 3 is 2.97 bits per heavy atom. The van der Waals surface area contributed by atoms with Crippen molar-refractivity contribution >= 4 is 23.5 Å². The molecule has 0 saturated carbocycles. The minimum Gasteiger partial charge on any atom is -0.493 e. The molecule has 0 spiro atoms. The molecule has 0 N–H and O–H groups in total. The summed E-state index contributed by atoms with van der Waals surface area (Å²) in [4.78, 5) is 24.0. The number of amides is 1. The second-order valence-corrected chi connectivity index (χ2v) is 7.86. The van der Waals surface area contributed by atoms with Crippen LogP contribution in [0, 0.1) is 11.3 Å². The number of carbonyl (C=O) groups excluding carboxylic acids is 1. The van der Waals surface area contributed by atoms with Gasteiger partial charge in [-0.05, 0) is 47.9 Å². The van der Waals surface area contributed by atoms with Crippen molar-refractivity contribution < 1.29 is 9.53 Å². The number of fused-ring (bicyclic) bond motifs is 1. The predicted molar refractivity (Wildman–Crippen MR) is 117 cm³/mol. The monoisotopic (exact) mass is 416 g/mol. The molecule has 1 aromatic carbocycles. The minimum atomic E-state index is -0.0953. The number of aromatic nitrogens is 1. The fourth-order valence-corrected chi connectivity index (χ4v) is 4.17. The van der Waals surface area contributed by atoms with E-state index in [1.807, 2.05) is 30.7 Å². The van der Waals surface area contributed by atoms with Crippen LogP contribution in [0.1, 0.15) is 38.8 Å². The van der Waals surface area contributed by atoms with Gasteiger partial charge in [0.25, 0.3) is 5.91 Å². The van der Waals surface area contributed by atoms with Crippen molar-refractivity contribution in [2.75, 3.05) is 13.7 Å². The van der Waals surface area contributed by atoms with Crippen LogP contribution in [0.25, 0.3) is 11.1 Å². The zero-order valence-corrected chi connectivity index (χ0v) is 17.6. The number of nitrogens with zero attached hydrogens (tertiary/aromatic N) is 4. The van der Waals surface area contributed by atoms with Gasteiger partial charge in [0.15, 0.2) is 0 Å². The number of benzene rings is 1. The van der Waals surface area contributed by atoms with E-state index in [-0.39, 0.29) is 5.91 Å². The molecule has 1 amide bonds. The van der Waals surface area contributed by atoms with Crippen LogP contribution >= 0.6 is 11.3 Å². The lowest BCUT2D eigenvalue weighted by Crippen LogP contribution is -2.27. The zero-order chi connectivity index (χ0) is 21.1. The Balaban J connectivity index is 1.58. The molecular weight excluding hydrogens is 396 g/mol. The minimum absolute atomic E-state index is 0.0953. The number of pyridine rings is 1. The molecule has 3 heterocycles. The average Bonchev–Trinajstić information content (AvgIpc) is 3.43. The molecule has 0 fully saturated rings. The van der Waals surface area contributed by atoms with E-state index in [0.29, 0.717) is 35.9 Å². The van der Waals surface area contributed by atoms with Crippen molar-refractivity contribution in [2.24, 2.45) is 4.99 Å². The summed E-state index contributed by atoms with van der Waals surface area (Å²) in [5, 5.41) is 11.0. The highest BCUT2D eigenvalue weighted by Crippen LogP contribution is 2.34. The first-order valence-electron chi connectivity index (χ1n) is 9.57. The molecule has 0 saturated heterocycles. The summed E-state index contributed by atoms with van der Waals surface area (Å²) in [6.45, 7) is 3.48. The van der Waals surface area contributed by atoms with Crippen LogP contribution in [0.4, 0.5) is 0 Å². The molecule has 0 aliphatic carbocycles. The number of hydrogen-bond donors (Lipinski definition) is 0. The molecule has 30 heavy (non-hydrogen) atoms. The number of nitriles is 1. The number of aliphatic imine (C=N–C) groups is 1. The van der Waals surface area contributed by atoms with E-state index in [0.717, 1.165) is 27.8 Å². The molecule has 0 radical (unpaired) electrons. The van der Waals surface area contributed by atoms with E-state index < -0.39 is 0 Å². The predicted octanol–water partition coefficient (Wildman–Crippen LogP) is 4.29. The van der Waals surface area contributed by atoms with Crippen molar-refractivity contribution in [3.63, 3.8) is 0 Å². The van der Waals surface area contributed by atoms with E-state index in [1.54, 1.807) is 36.5 Å². The quantitative estimate of drug-likeness (QED) is 0.601. The van der Waals surface area contributed by atoms with E-state index in [2.05, 4.69) is 16.0 Å². The van der Waals surface area contributed by atoms with E-state index in [4.69, 9.17) is 10.00 Å². The Bertz CT molecular complexity index is 1180. The number of rotatable bonds is 6. The van der Waals surface area contributed by atoms with Crippen molar-refractivity contribution in [3.05, 3.63) is 69.2 Å². The van der Waals surface area contributed by atoms with Crippen molar-refractivity contribution in [1.82, 2.24) is 9.88 Å². The van der Waals surface area contributed by atoms with Gasteiger partial charge in [0.05, 0.1) is 13.2 Å². The lowest BCUT2D eigenvalue weighted by molar-refractivity contribution is 0.0784. The topological polar surface area (TPSA) is 78.6 Å². The molecule has 6 nitrogen and oxygen atoms in total. The van der Waals surface area contributed by atoms with Gasteiger partial charge in [-0.2, -0.15) is 5.26 Å². The van der Waals surface area contributed by atoms with Gasteiger partial charge in [0.1, 0.15) is 16.7 Å². The molecular formula is C23H20N4O2S. The Morgan fingerprint density at radius 2 is 2.20 bits per heavy atom. The van der Waals surface area contributed by atoms with Gasteiger partial charge in [-0.1, -0.05) is 0 Å². The van der Waals surface area contributed by atoms with E-state index >= 15 is 0 Å². The lowest BCUT2D eigenvalue weighted by Gasteiger charge is -2.20. The molecule has 150 valence electrons. The van der Waals surface area contributed by atoms with Crippen LogP contribution in [-0.2, 0) is 13.1 Å². The van der Waals surface area contributed by atoms with Gasteiger partial charge in [-0.3, -0.25) is 14.8 Å². The number of thiophene rings is 1. The Hall–Kier alpha value is -3.50. The largest absolute Gasteiger partial charge is 0.493 e. The van der Waals surface area contributed by atoms with Crippen molar-refractivity contribution in [1.29, 1.82) is 5.26 Å². The highest BCUT2D eigenvalue weighted by molar-refractivity contribution is 7.10. The zero-order valence-electron chi connectivity index (χ0n) is 16.8. The van der Waals surface area contributed by atoms with Gasteiger partial charge in [0.2, 0.25) is 0 Å². The summed E-state index contributed by atoms with van der Waals surface area (Å²) in [5.74, 6) is 0.539. The second-order valence-electron chi connectivity index (χ2n) is 6.95. The highest BCUT2D eigenvalue weighted by Gasteiger charge is 2.19. The maximum atomic E-state index is 13.1. The molecule has 0 bridgehead atoms. The van der Waals surface area contributed by atoms with Crippen LogP contribution in [0.15, 0.2) is 47.0 Å². The first-order chi connectivity index (χ1) is 14.6. The molecule has 1 aliphatic rings. The Morgan fingerprint density at radius 1 is 1.33 bits per heavy atom. The van der Waals surface area contributed by atoms with Gasteiger partial charge < -0.3 is 9.64 Å². The second kappa shape index (κ2) is 8.47. The molecule has 2 aromatic heterocycles. The first kappa shape index (κ1) is 19.8. The number of hydrogen-bond acceptors (Lipinski definition) is 6. The van der Waals surface area contributed by atoms with Crippen LogP contribution in [0.2, 0.25) is 0 Å². The normalized spacial score (nSPS) is 11.8. The van der Waals surface area contributed by atoms with Gasteiger partial charge in [-0.25, -0.2) is 0 Å². The Labute approximate surface area is 179 Å². The van der Waals surface area contributed by atoms with Crippen LogP contribution in [-0.4, -0.2) is 35.7 Å². The standard InChI is InChI=1S/C23H20N4O2S/c1-3-29-22-7-15(4-5-20(22)16-6-19(8-24)30-14-16)23(28)27(2)13-18-11-25-9-17-10-26-12-21(17)18/h4-7,9-11,14H,3,12-13H2,1-2H3. The molecule has 3 aromatic rings. The molecule has 1 aliphatic heterocycles. The third-order valence-corrected chi connectivity index (χ3v) is 5.80. The molecule has 0 unspecified atom stereocenters. The average molecular weight is 417 g/mol. The summed E-state index contributed by atoms with van der Waals surface area (Å²) in [6, 6.07) is 9.45. The van der Waals surface area contributed by atoms with Crippen LogP contribution in [0.5, 0.6) is 5.75 Å². The summed E-state index contributed by atoms with van der Waals surface area (Å²) < 4.78 is 5.81. The molecule has 0 atom stereocenters. The van der Waals surface area contributed by atoms with Crippen LogP contribution in [0.3, 0.4) is 0 Å².